The van der Waals surface area contributed by atoms with Crippen LogP contribution in [0.4, 0.5) is 11.6 Å². The Balaban J connectivity index is 1.55. The Hall–Kier alpha value is -3.45. The Kier molecular flexibility index (Phi) is 6.43. The second-order valence-corrected chi connectivity index (χ2v) is 11.8. The lowest BCUT2D eigenvalue weighted by Gasteiger charge is -2.33. The highest BCUT2D eigenvalue weighted by Gasteiger charge is 2.32. The lowest BCUT2D eigenvalue weighted by Crippen LogP contribution is -2.27. The van der Waals surface area contributed by atoms with Crippen LogP contribution in [0.25, 0.3) is 15.9 Å². The molecule has 0 unspecified atom stereocenters. The molecule has 0 aliphatic heterocycles. The normalized spacial score (nSPS) is 15.9. The van der Waals surface area contributed by atoms with Gasteiger partial charge in [0, 0.05) is 24.7 Å². The van der Waals surface area contributed by atoms with E-state index in [1.807, 2.05) is 68.7 Å². The topological polar surface area (TPSA) is 62.5 Å². The van der Waals surface area contributed by atoms with Crippen molar-refractivity contribution in [2.45, 2.75) is 40.0 Å². The van der Waals surface area contributed by atoms with Crippen LogP contribution in [0.1, 0.15) is 43.2 Å². The van der Waals surface area contributed by atoms with Gasteiger partial charge >= 0.3 is 0 Å². The standard InChI is InChI=1S/C29H33N5OS/c1-29(2,3)20-13-16-23-24(17-20)36-26-25(23)27(35)34(22-9-7-6-8-10-22)28(31-26)32-30-18-19-11-14-21(15-12-19)33(4)5/h6-12,14-15,18,20H,13,16-17H2,1-5H3,(H,31,32)/b30-18-/t20-/m1/s1. The molecule has 4 aromatic rings. The molecule has 2 aromatic carbocycles. The number of hydrogen-bond acceptors (Lipinski definition) is 6. The van der Waals surface area contributed by atoms with E-state index in [9.17, 15) is 4.79 Å². The maximum atomic E-state index is 13.9. The molecule has 7 heteroatoms. The van der Waals surface area contributed by atoms with Crippen molar-refractivity contribution in [1.29, 1.82) is 0 Å². The van der Waals surface area contributed by atoms with E-state index in [1.54, 1.807) is 22.1 Å². The maximum absolute atomic E-state index is 13.9. The number of fused-ring (bicyclic) bond motifs is 3. The molecule has 5 rings (SSSR count). The molecule has 0 saturated heterocycles. The quantitative estimate of drug-likeness (QED) is 0.266. The Bertz CT molecular complexity index is 1460. The molecule has 0 amide bonds. The molecule has 0 bridgehead atoms. The van der Waals surface area contributed by atoms with Crippen LogP contribution in [0.5, 0.6) is 0 Å². The number of para-hydroxylation sites is 1. The van der Waals surface area contributed by atoms with Gasteiger partial charge in [-0.2, -0.15) is 5.10 Å². The van der Waals surface area contributed by atoms with Crippen LogP contribution in [-0.4, -0.2) is 29.9 Å². The fourth-order valence-electron chi connectivity index (χ4n) is 4.88. The summed E-state index contributed by atoms with van der Waals surface area (Å²) in [5.41, 5.74) is 7.32. The molecule has 0 spiro atoms. The molecule has 0 fully saturated rings. The number of nitrogens with zero attached hydrogens (tertiary/aromatic N) is 4. The van der Waals surface area contributed by atoms with Gasteiger partial charge in [-0.3, -0.25) is 4.79 Å². The van der Waals surface area contributed by atoms with Crippen molar-refractivity contribution in [2.24, 2.45) is 16.4 Å². The number of aromatic nitrogens is 2. The van der Waals surface area contributed by atoms with Gasteiger partial charge < -0.3 is 4.90 Å². The highest BCUT2D eigenvalue weighted by atomic mass is 32.1. The second-order valence-electron chi connectivity index (χ2n) is 10.8. The summed E-state index contributed by atoms with van der Waals surface area (Å²) in [4.78, 5) is 23.0. The minimum Gasteiger partial charge on any atom is -0.378 e. The molecule has 1 aliphatic carbocycles. The minimum absolute atomic E-state index is 0.0362. The third kappa shape index (κ3) is 4.67. The van der Waals surface area contributed by atoms with Crippen LogP contribution >= 0.6 is 11.3 Å². The molecule has 36 heavy (non-hydrogen) atoms. The molecule has 186 valence electrons. The van der Waals surface area contributed by atoms with E-state index >= 15 is 0 Å². The van der Waals surface area contributed by atoms with Crippen LogP contribution in [0.2, 0.25) is 0 Å². The van der Waals surface area contributed by atoms with E-state index in [0.29, 0.717) is 11.9 Å². The molecule has 2 heterocycles. The van der Waals surface area contributed by atoms with E-state index in [-0.39, 0.29) is 11.0 Å². The van der Waals surface area contributed by atoms with E-state index in [2.05, 4.69) is 36.2 Å². The van der Waals surface area contributed by atoms with Crippen LogP contribution in [0.15, 0.2) is 64.5 Å². The number of hydrogen-bond donors (Lipinski definition) is 1. The minimum atomic E-state index is -0.0362. The van der Waals surface area contributed by atoms with Crippen molar-refractivity contribution in [3.8, 4) is 5.69 Å². The van der Waals surface area contributed by atoms with Crippen molar-refractivity contribution in [3.05, 3.63) is 81.0 Å². The number of thiophene rings is 1. The third-order valence-electron chi connectivity index (χ3n) is 7.11. The summed E-state index contributed by atoms with van der Waals surface area (Å²) in [6, 6.07) is 17.8. The smallest absolute Gasteiger partial charge is 0.268 e. The predicted molar refractivity (Wildman–Crippen MR) is 152 cm³/mol. The zero-order chi connectivity index (χ0) is 25.4. The van der Waals surface area contributed by atoms with Crippen molar-refractivity contribution in [2.75, 3.05) is 24.4 Å². The fourth-order valence-corrected chi connectivity index (χ4v) is 6.17. The highest BCUT2D eigenvalue weighted by Crippen LogP contribution is 2.42. The summed E-state index contributed by atoms with van der Waals surface area (Å²) in [7, 11) is 4.03. The summed E-state index contributed by atoms with van der Waals surface area (Å²) in [6.45, 7) is 6.93. The zero-order valence-corrected chi connectivity index (χ0v) is 22.4. The monoisotopic (exact) mass is 499 g/mol. The first-order valence-corrected chi connectivity index (χ1v) is 13.2. The van der Waals surface area contributed by atoms with Gasteiger partial charge in [-0.1, -0.05) is 51.1 Å². The third-order valence-corrected chi connectivity index (χ3v) is 8.26. The Labute approximate surface area is 216 Å². The maximum Gasteiger partial charge on any atom is 0.268 e. The number of nitrogens with one attached hydrogen (secondary N) is 1. The molecule has 1 atom stereocenters. The van der Waals surface area contributed by atoms with Gasteiger partial charge in [0.1, 0.15) is 4.83 Å². The van der Waals surface area contributed by atoms with E-state index in [1.165, 1.54) is 10.4 Å². The van der Waals surface area contributed by atoms with E-state index in [0.717, 1.165) is 46.4 Å². The van der Waals surface area contributed by atoms with Crippen molar-refractivity contribution < 1.29 is 0 Å². The largest absolute Gasteiger partial charge is 0.378 e. The van der Waals surface area contributed by atoms with Gasteiger partial charge in [0.2, 0.25) is 5.95 Å². The van der Waals surface area contributed by atoms with Gasteiger partial charge in [0.05, 0.1) is 17.3 Å². The number of hydrazone groups is 1. The highest BCUT2D eigenvalue weighted by molar-refractivity contribution is 7.18. The summed E-state index contributed by atoms with van der Waals surface area (Å²) < 4.78 is 1.65. The number of rotatable bonds is 5. The molecular formula is C29H33N5OS. The van der Waals surface area contributed by atoms with E-state index < -0.39 is 0 Å². The summed E-state index contributed by atoms with van der Waals surface area (Å²) in [6.07, 6.45) is 4.79. The predicted octanol–water partition coefficient (Wildman–Crippen LogP) is 6.11. The molecule has 1 aliphatic rings. The summed E-state index contributed by atoms with van der Waals surface area (Å²) in [5, 5.41) is 5.20. The Morgan fingerprint density at radius 2 is 1.83 bits per heavy atom. The van der Waals surface area contributed by atoms with Crippen molar-refractivity contribution in [1.82, 2.24) is 9.55 Å². The Morgan fingerprint density at radius 3 is 2.50 bits per heavy atom. The second kappa shape index (κ2) is 9.54. The van der Waals surface area contributed by atoms with Crippen molar-refractivity contribution >= 4 is 39.4 Å². The zero-order valence-electron chi connectivity index (χ0n) is 21.6. The van der Waals surface area contributed by atoms with Gasteiger partial charge in [-0.05, 0) is 66.0 Å². The first-order chi connectivity index (χ1) is 17.2. The van der Waals surface area contributed by atoms with Gasteiger partial charge in [-0.15, -0.1) is 11.3 Å². The van der Waals surface area contributed by atoms with Crippen LogP contribution in [0.3, 0.4) is 0 Å². The van der Waals surface area contributed by atoms with Crippen LogP contribution in [0, 0.1) is 11.3 Å². The molecular weight excluding hydrogens is 466 g/mol. The average molecular weight is 500 g/mol. The Morgan fingerprint density at radius 1 is 1.11 bits per heavy atom. The van der Waals surface area contributed by atoms with Gasteiger partial charge in [0.25, 0.3) is 5.56 Å². The van der Waals surface area contributed by atoms with Crippen LogP contribution < -0.4 is 15.9 Å². The lowest BCUT2D eigenvalue weighted by atomic mass is 9.72. The van der Waals surface area contributed by atoms with Crippen molar-refractivity contribution in [3.63, 3.8) is 0 Å². The molecule has 6 nitrogen and oxygen atoms in total. The first kappa shape index (κ1) is 24.3. The summed E-state index contributed by atoms with van der Waals surface area (Å²) >= 11 is 1.66. The lowest BCUT2D eigenvalue weighted by molar-refractivity contribution is 0.218. The number of anilines is 2. The van der Waals surface area contributed by atoms with Gasteiger partial charge in [-0.25, -0.2) is 15.0 Å². The average Bonchev–Trinajstić information content (AvgIpc) is 3.22. The molecule has 0 saturated carbocycles. The van der Waals surface area contributed by atoms with E-state index in [4.69, 9.17) is 4.98 Å². The van der Waals surface area contributed by atoms with Gasteiger partial charge in [0.15, 0.2) is 0 Å². The summed E-state index contributed by atoms with van der Waals surface area (Å²) in [5.74, 6) is 1.03. The SMILES string of the molecule is CN(C)c1ccc(/C=N\Nc2nc3sc4c(c3c(=O)n2-c2ccccc2)CC[C@@H](C(C)(C)C)C4)cc1. The molecule has 2 aromatic heterocycles. The molecule has 1 N–H and O–H groups in total. The number of aryl methyl sites for hydroxylation is 1. The van der Waals surface area contributed by atoms with Crippen LogP contribution in [-0.2, 0) is 12.8 Å². The number of benzene rings is 2. The first-order valence-electron chi connectivity index (χ1n) is 12.4. The fraction of sp³-hybridized carbons (Fsp3) is 0.345. The molecule has 0 radical (unpaired) electrons.